The Kier molecular flexibility index (Phi) is 3.84. The summed E-state index contributed by atoms with van der Waals surface area (Å²) < 4.78 is 3.38. The van der Waals surface area contributed by atoms with Crippen molar-refractivity contribution in [1.82, 2.24) is 19.7 Å². The van der Waals surface area contributed by atoms with Crippen molar-refractivity contribution in [1.29, 1.82) is 0 Å². The lowest BCUT2D eigenvalue weighted by atomic mass is 10.0. The number of carboxylic acid groups (broad SMARTS) is 1. The number of aliphatic carboxylic acids is 1. The molecule has 112 valence electrons. The monoisotopic (exact) mass is 290 g/mol. The molecule has 0 aliphatic heterocycles. The van der Waals surface area contributed by atoms with Gasteiger partial charge in [-0.05, 0) is 26.0 Å². The normalized spacial score (nSPS) is 11.4. The average Bonchev–Trinajstić information content (AvgIpc) is 2.94. The van der Waals surface area contributed by atoms with E-state index in [1.807, 2.05) is 24.5 Å². The number of amides is 1. The quantitative estimate of drug-likeness (QED) is 0.865. The van der Waals surface area contributed by atoms with Crippen molar-refractivity contribution >= 4 is 11.9 Å². The number of carboxylic acids is 1. The highest BCUT2D eigenvalue weighted by atomic mass is 16.4. The smallest absolute Gasteiger partial charge is 0.305 e. The highest BCUT2D eigenvalue weighted by molar-refractivity contribution is 5.97. The second kappa shape index (κ2) is 5.43. The van der Waals surface area contributed by atoms with Crippen LogP contribution in [0.15, 0.2) is 30.7 Å². The molecule has 0 unspecified atom stereocenters. The molecule has 2 N–H and O–H groups in total. The Morgan fingerprint density at radius 3 is 2.52 bits per heavy atom. The van der Waals surface area contributed by atoms with E-state index in [9.17, 15) is 9.59 Å². The summed E-state index contributed by atoms with van der Waals surface area (Å²) in [5.41, 5.74) is -0.445. The first kappa shape index (κ1) is 14.8. The van der Waals surface area contributed by atoms with Crippen molar-refractivity contribution < 1.29 is 14.7 Å². The number of nitrogens with zero attached hydrogens (tertiary/aromatic N) is 3. The molecule has 2 aromatic rings. The molecule has 0 atom stereocenters. The van der Waals surface area contributed by atoms with Gasteiger partial charge in [0.15, 0.2) is 0 Å². The van der Waals surface area contributed by atoms with Gasteiger partial charge in [-0.3, -0.25) is 14.3 Å². The minimum absolute atomic E-state index is 0.155. The van der Waals surface area contributed by atoms with Crippen molar-refractivity contribution in [2.24, 2.45) is 7.05 Å². The third-order valence-electron chi connectivity index (χ3n) is 3.05. The van der Waals surface area contributed by atoms with E-state index in [0.29, 0.717) is 11.4 Å². The first-order chi connectivity index (χ1) is 9.80. The second-order valence-electron chi connectivity index (χ2n) is 5.50. The van der Waals surface area contributed by atoms with Gasteiger partial charge in [0.1, 0.15) is 11.4 Å². The third kappa shape index (κ3) is 3.31. The van der Waals surface area contributed by atoms with Crippen molar-refractivity contribution in [3.8, 4) is 5.82 Å². The van der Waals surface area contributed by atoms with Crippen LogP contribution in [0, 0.1) is 0 Å². The Bertz CT molecular complexity index is 656. The molecular formula is C14H18N4O3. The fourth-order valence-corrected chi connectivity index (χ4v) is 2.17. The summed E-state index contributed by atoms with van der Waals surface area (Å²) in [6, 6.07) is 3.70. The molecule has 0 radical (unpaired) electrons. The van der Waals surface area contributed by atoms with Gasteiger partial charge >= 0.3 is 5.97 Å². The van der Waals surface area contributed by atoms with E-state index in [-0.39, 0.29) is 12.3 Å². The Balaban J connectivity index is 2.27. The lowest BCUT2D eigenvalue weighted by Crippen LogP contribution is -2.45. The van der Waals surface area contributed by atoms with Crippen molar-refractivity contribution in [3.63, 3.8) is 0 Å². The zero-order chi connectivity index (χ0) is 15.6. The lowest BCUT2D eigenvalue weighted by Gasteiger charge is -2.24. The molecule has 0 aliphatic carbocycles. The molecule has 0 saturated heterocycles. The van der Waals surface area contributed by atoms with E-state index >= 15 is 0 Å². The molecule has 0 bridgehead atoms. The van der Waals surface area contributed by atoms with E-state index in [4.69, 9.17) is 5.11 Å². The topological polar surface area (TPSA) is 89.2 Å². The average molecular weight is 290 g/mol. The van der Waals surface area contributed by atoms with Gasteiger partial charge in [-0.25, -0.2) is 0 Å². The van der Waals surface area contributed by atoms with Crippen LogP contribution in [-0.4, -0.2) is 36.9 Å². The second-order valence-corrected chi connectivity index (χ2v) is 5.50. The van der Waals surface area contributed by atoms with Gasteiger partial charge in [0.2, 0.25) is 0 Å². The van der Waals surface area contributed by atoms with Crippen LogP contribution in [0.3, 0.4) is 0 Å². The van der Waals surface area contributed by atoms with Gasteiger partial charge in [-0.1, -0.05) is 0 Å². The Morgan fingerprint density at radius 2 is 1.95 bits per heavy atom. The van der Waals surface area contributed by atoms with Gasteiger partial charge in [-0.2, -0.15) is 5.10 Å². The third-order valence-corrected chi connectivity index (χ3v) is 3.05. The molecule has 0 saturated carbocycles. The predicted octanol–water partition coefficient (Wildman–Crippen LogP) is 1.19. The molecule has 2 rings (SSSR count). The van der Waals surface area contributed by atoms with Crippen molar-refractivity contribution in [2.75, 3.05) is 0 Å². The number of rotatable bonds is 5. The number of hydrogen-bond acceptors (Lipinski definition) is 3. The van der Waals surface area contributed by atoms with Crippen molar-refractivity contribution in [3.05, 3.63) is 36.3 Å². The first-order valence-electron chi connectivity index (χ1n) is 6.50. The molecule has 0 fully saturated rings. The molecule has 0 aromatic carbocycles. The fourth-order valence-electron chi connectivity index (χ4n) is 2.17. The summed E-state index contributed by atoms with van der Waals surface area (Å²) in [5, 5.41) is 15.7. The van der Waals surface area contributed by atoms with Gasteiger partial charge in [0.05, 0.1) is 12.6 Å². The summed E-state index contributed by atoms with van der Waals surface area (Å²) in [6.45, 7) is 3.34. The van der Waals surface area contributed by atoms with Gasteiger partial charge in [0, 0.05) is 25.0 Å². The first-order valence-corrected chi connectivity index (χ1v) is 6.50. The highest BCUT2D eigenvalue weighted by Gasteiger charge is 2.27. The summed E-state index contributed by atoms with van der Waals surface area (Å²) in [4.78, 5) is 23.2. The molecule has 2 aromatic heterocycles. The highest BCUT2D eigenvalue weighted by Crippen LogP contribution is 2.16. The maximum atomic E-state index is 12.4. The molecule has 7 nitrogen and oxygen atoms in total. The number of hydrogen-bond donors (Lipinski definition) is 2. The molecule has 21 heavy (non-hydrogen) atoms. The molecular weight excluding hydrogens is 272 g/mol. The van der Waals surface area contributed by atoms with Gasteiger partial charge in [-0.15, -0.1) is 0 Å². The molecule has 0 aliphatic rings. The van der Waals surface area contributed by atoms with E-state index in [1.54, 1.807) is 30.1 Å². The Morgan fingerprint density at radius 1 is 1.33 bits per heavy atom. The predicted molar refractivity (Wildman–Crippen MR) is 76.3 cm³/mol. The van der Waals surface area contributed by atoms with Crippen LogP contribution in [-0.2, 0) is 11.8 Å². The summed E-state index contributed by atoms with van der Waals surface area (Å²) >= 11 is 0. The van der Waals surface area contributed by atoms with Crippen LogP contribution in [0.2, 0.25) is 0 Å². The Labute approximate surface area is 122 Å². The van der Waals surface area contributed by atoms with Crippen molar-refractivity contribution in [2.45, 2.75) is 25.8 Å². The molecule has 1 amide bonds. The standard InChI is InChI=1S/C14H18N4O3/c1-14(2,8-11(19)20)16-12(21)10-9-15-17(3)13(10)18-6-4-5-7-18/h4-7,9H,8H2,1-3H3,(H,16,21)(H,19,20). The lowest BCUT2D eigenvalue weighted by molar-refractivity contribution is -0.138. The minimum Gasteiger partial charge on any atom is -0.481 e. The Hall–Kier alpha value is -2.57. The fraction of sp³-hybridized carbons (Fsp3) is 0.357. The largest absolute Gasteiger partial charge is 0.481 e. The van der Waals surface area contributed by atoms with E-state index in [0.717, 1.165) is 0 Å². The summed E-state index contributed by atoms with van der Waals surface area (Å²) in [7, 11) is 1.74. The van der Waals surface area contributed by atoms with Crippen LogP contribution in [0.4, 0.5) is 0 Å². The molecule has 7 heteroatoms. The van der Waals surface area contributed by atoms with Crippen LogP contribution < -0.4 is 5.32 Å². The number of carbonyl (C=O) groups excluding carboxylic acids is 1. The summed E-state index contributed by atoms with van der Waals surface area (Å²) in [5.74, 6) is -0.682. The SMILES string of the molecule is Cn1ncc(C(=O)NC(C)(C)CC(=O)O)c1-n1cccc1. The van der Waals surface area contributed by atoms with E-state index in [1.165, 1.54) is 6.20 Å². The zero-order valence-electron chi connectivity index (χ0n) is 12.2. The van der Waals surface area contributed by atoms with Gasteiger partial charge < -0.3 is 15.0 Å². The molecule has 0 spiro atoms. The van der Waals surface area contributed by atoms with Crippen LogP contribution in [0.25, 0.3) is 5.82 Å². The number of nitrogens with one attached hydrogen (secondary N) is 1. The zero-order valence-corrected chi connectivity index (χ0v) is 12.2. The number of carbonyl (C=O) groups is 2. The van der Waals surface area contributed by atoms with E-state index in [2.05, 4.69) is 10.4 Å². The number of aryl methyl sites for hydroxylation is 1. The maximum absolute atomic E-state index is 12.4. The van der Waals surface area contributed by atoms with Crippen LogP contribution in [0.1, 0.15) is 30.6 Å². The minimum atomic E-state index is -0.961. The maximum Gasteiger partial charge on any atom is 0.305 e. The van der Waals surface area contributed by atoms with E-state index < -0.39 is 11.5 Å². The number of aromatic nitrogens is 3. The summed E-state index contributed by atoms with van der Waals surface area (Å²) in [6.07, 6.45) is 4.95. The molecule has 2 heterocycles. The van der Waals surface area contributed by atoms with Crippen LogP contribution in [0.5, 0.6) is 0 Å². The van der Waals surface area contributed by atoms with Gasteiger partial charge in [0.25, 0.3) is 5.91 Å². The van der Waals surface area contributed by atoms with Crippen LogP contribution >= 0.6 is 0 Å².